The summed E-state index contributed by atoms with van der Waals surface area (Å²) in [6.45, 7) is 18.5. The van der Waals surface area contributed by atoms with Crippen LogP contribution < -0.4 is 30.3 Å². The van der Waals surface area contributed by atoms with E-state index >= 15 is 9.13 Å². The lowest BCUT2D eigenvalue weighted by Crippen LogP contribution is -2.40. The number of nitrogens with zero attached hydrogens (tertiary/aromatic N) is 6. The van der Waals surface area contributed by atoms with Crippen molar-refractivity contribution in [1.29, 1.82) is 0 Å². The minimum absolute atomic E-state index is 0.00753. The van der Waals surface area contributed by atoms with Gasteiger partial charge >= 0.3 is 27.4 Å². The summed E-state index contributed by atoms with van der Waals surface area (Å²) in [6.07, 6.45) is 7.52. The summed E-state index contributed by atoms with van der Waals surface area (Å²) in [5, 5.41) is 11.0. The Balaban J connectivity index is 0.994. The number of nitrogens with two attached hydrogens (primary N) is 1. The number of unbranched alkanes of at least 4 members (excludes halogenated alkanes) is 2. The Morgan fingerprint density at radius 1 is 0.678 bits per heavy atom. The van der Waals surface area contributed by atoms with Crippen molar-refractivity contribution in [1.82, 2.24) is 39.2 Å². The molecule has 0 spiro atoms. The minimum Gasteiger partial charge on any atom is -0.462 e. The average Bonchev–Trinajstić information content (AvgIpc) is 1.65. The maximum Gasteiger partial charge on any atom is 0.459 e. The van der Waals surface area contributed by atoms with Gasteiger partial charge in [-0.25, -0.2) is 29.1 Å². The lowest BCUT2D eigenvalue weighted by atomic mass is 9.94. The molecule has 87 heavy (non-hydrogen) atoms. The molecule has 0 bridgehead atoms. The number of carbonyl (C=O) groups is 2. The highest BCUT2D eigenvalue weighted by Gasteiger charge is 2.40. The highest BCUT2D eigenvalue weighted by molar-refractivity contribution is 7.52. The molecule has 0 amide bonds. The van der Waals surface area contributed by atoms with Gasteiger partial charge in [-0.2, -0.15) is 10.2 Å². The summed E-state index contributed by atoms with van der Waals surface area (Å²) in [6, 6.07) is 29.3. The fourth-order valence-electron chi connectivity index (χ4n) is 10.4. The zero-order valence-electron chi connectivity index (χ0n) is 51.4. The molecule has 9 rings (SSSR count). The number of benzene rings is 4. The minimum atomic E-state index is -4.38. The van der Waals surface area contributed by atoms with Crippen molar-refractivity contribution in [2.75, 3.05) is 24.3 Å². The zero-order valence-corrected chi connectivity index (χ0v) is 53.1. The molecule has 464 valence electrons. The third-order valence-corrected chi connectivity index (χ3v) is 18.0. The van der Waals surface area contributed by atoms with Gasteiger partial charge in [0, 0.05) is 17.2 Å². The lowest BCUT2D eigenvalue weighted by Gasteiger charge is -2.35. The SMILES string of the molecule is CCCCc1nc2c(N)nc3ccccc3c2n1CC(C)OP(=O)(NC(C)C(=O)OC(C)C)Oc1cccc(CCOCc2nc3c(NC4C=C4)nc4ccccc4c3n2C(C)(CCCC)COP(=O)(NC(C)C(=O)OC(C)C)Oc2ccccc2)c1. The number of hydrogen-bond donors (Lipinski definition) is 4. The standard InChI is InChI=1S/C64H82N10O11P2/c1-11-13-31-54-69-56-58(50-27-18-20-29-52(50)67-60(56)65)73(54)38-43(7)83-87(78,72-45(9)63(76)82-42(5)6)85-49-26-22-23-46(37-49)34-36-79-39-55-70-57-59(51-28-19-21-30-53(51)68-61(57)66-47-32-33-47)74(55)64(10,35-14-12-2)40-80-86(77,84-48-24-16-15-17-25-48)71-44(8)62(75)81-41(3)4/h15-30,32-33,37,41-45,47H,11-14,31,34-36,38-40H2,1-10H3,(H2,65,67)(H,66,68)(H,71,77)(H,72,78). The lowest BCUT2D eigenvalue weighted by molar-refractivity contribution is -0.150. The van der Waals surface area contributed by atoms with Gasteiger partial charge < -0.3 is 43.4 Å². The summed E-state index contributed by atoms with van der Waals surface area (Å²) in [7, 11) is -8.70. The highest BCUT2D eigenvalue weighted by Crippen LogP contribution is 2.49. The largest absolute Gasteiger partial charge is 0.462 e. The Morgan fingerprint density at radius 3 is 1.93 bits per heavy atom. The quantitative estimate of drug-likeness (QED) is 0.0129. The van der Waals surface area contributed by atoms with Crippen LogP contribution in [-0.2, 0) is 73.5 Å². The molecule has 0 fully saturated rings. The van der Waals surface area contributed by atoms with Gasteiger partial charge in [-0.15, -0.1) is 0 Å². The van der Waals surface area contributed by atoms with Crippen LogP contribution in [0.3, 0.4) is 0 Å². The number of rotatable bonds is 33. The normalized spacial score (nSPS) is 15.8. The molecule has 1 aliphatic rings. The molecule has 4 aromatic heterocycles. The molecule has 21 nitrogen and oxygen atoms in total. The van der Waals surface area contributed by atoms with Crippen LogP contribution in [0.25, 0.3) is 43.9 Å². The summed E-state index contributed by atoms with van der Waals surface area (Å²) in [5.41, 5.74) is 10.6. The number of hydrogen-bond acceptors (Lipinski definition) is 17. The van der Waals surface area contributed by atoms with Crippen molar-refractivity contribution in [3.05, 3.63) is 132 Å². The van der Waals surface area contributed by atoms with E-state index in [9.17, 15) is 9.59 Å². The second-order valence-corrected chi connectivity index (χ2v) is 26.3. The Kier molecular flexibility index (Phi) is 20.9. The molecule has 23 heteroatoms. The Bertz CT molecular complexity index is 3830. The van der Waals surface area contributed by atoms with E-state index in [0.717, 1.165) is 69.9 Å². The molecule has 8 aromatic rings. The maximum absolute atomic E-state index is 15.2. The van der Waals surface area contributed by atoms with E-state index in [1.807, 2.05) is 79.7 Å². The van der Waals surface area contributed by atoms with Crippen LogP contribution in [0, 0.1) is 0 Å². The number of aromatic nitrogens is 6. The molecule has 0 aliphatic heterocycles. The van der Waals surface area contributed by atoms with Crippen molar-refractivity contribution >= 4 is 82.9 Å². The van der Waals surface area contributed by atoms with Gasteiger partial charge in [0.2, 0.25) is 0 Å². The van der Waals surface area contributed by atoms with Gasteiger partial charge in [-0.3, -0.25) is 18.6 Å². The van der Waals surface area contributed by atoms with E-state index in [-0.39, 0.29) is 43.9 Å². The Morgan fingerprint density at radius 2 is 1.28 bits per heavy atom. The number of fused-ring (bicyclic) bond motifs is 6. The van der Waals surface area contributed by atoms with Crippen LogP contribution >= 0.6 is 15.5 Å². The first-order valence-corrected chi connectivity index (χ1v) is 33.1. The van der Waals surface area contributed by atoms with E-state index in [1.165, 1.54) is 0 Å². The predicted molar refractivity (Wildman–Crippen MR) is 340 cm³/mol. The number of esters is 2. The molecule has 0 saturated heterocycles. The Labute approximate surface area is 508 Å². The van der Waals surface area contributed by atoms with E-state index in [0.29, 0.717) is 47.8 Å². The summed E-state index contributed by atoms with van der Waals surface area (Å²) >= 11 is 0. The molecular weight excluding hydrogens is 1150 g/mol. The van der Waals surface area contributed by atoms with E-state index < -0.39 is 63.4 Å². The second kappa shape index (κ2) is 28.3. The Hall–Kier alpha value is -7.22. The summed E-state index contributed by atoms with van der Waals surface area (Å²) in [5.74, 6) is 1.53. The average molecular weight is 1230 g/mol. The first-order chi connectivity index (χ1) is 41.7. The molecule has 4 aromatic carbocycles. The van der Waals surface area contributed by atoms with E-state index in [2.05, 4.69) is 43.5 Å². The molecular formula is C64H82N10O11P2. The number of aryl methyl sites for hydroxylation is 1. The van der Waals surface area contributed by atoms with Crippen LogP contribution in [0.15, 0.2) is 115 Å². The molecule has 1 aliphatic carbocycles. The highest BCUT2D eigenvalue weighted by atomic mass is 31.2. The van der Waals surface area contributed by atoms with E-state index in [1.54, 1.807) is 90.9 Å². The summed E-state index contributed by atoms with van der Waals surface area (Å²) in [4.78, 5) is 46.4. The smallest absolute Gasteiger partial charge is 0.459 e. The fourth-order valence-corrected chi connectivity index (χ4v) is 13.7. The van der Waals surface area contributed by atoms with Gasteiger partial charge in [-0.1, -0.05) is 112 Å². The number of pyridine rings is 2. The number of imidazole rings is 2. The monoisotopic (exact) mass is 1230 g/mol. The van der Waals surface area contributed by atoms with Crippen LogP contribution in [-0.4, -0.2) is 90.7 Å². The molecule has 6 unspecified atom stereocenters. The molecule has 0 radical (unpaired) electrons. The number of para-hydroxylation sites is 3. The number of anilines is 2. The topological polar surface area (TPSA) is 256 Å². The molecule has 0 saturated carbocycles. The first-order valence-electron chi connectivity index (χ1n) is 30.1. The van der Waals surface area contributed by atoms with Gasteiger partial charge in [-0.05, 0) is 117 Å². The van der Waals surface area contributed by atoms with Crippen molar-refractivity contribution in [2.24, 2.45) is 0 Å². The third-order valence-electron chi connectivity index (χ3n) is 14.6. The van der Waals surface area contributed by atoms with E-state index in [4.69, 9.17) is 53.0 Å². The zero-order chi connectivity index (χ0) is 62.0. The summed E-state index contributed by atoms with van der Waals surface area (Å²) < 4.78 is 77.6. The first kappa shape index (κ1) is 64.3. The van der Waals surface area contributed by atoms with Gasteiger partial charge in [0.1, 0.15) is 52.9 Å². The van der Waals surface area contributed by atoms with Crippen molar-refractivity contribution in [3.8, 4) is 11.5 Å². The number of ether oxygens (including phenoxy) is 3. The van der Waals surface area contributed by atoms with Crippen molar-refractivity contribution in [3.63, 3.8) is 0 Å². The van der Waals surface area contributed by atoms with Gasteiger partial charge in [0.05, 0.1) is 71.7 Å². The fraction of sp³-hybridized carbons (Fsp3) is 0.438. The van der Waals surface area contributed by atoms with Gasteiger partial charge in [0.15, 0.2) is 11.6 Å². The van der Waals surface area contributed by atoms with Gasteiger partial charge in [0.25, 0.3) is 0 Å². The second-order valence-electron chi connectivity index (χ2n) is 23.0. The molecule has 4 heterocycles. The van der Waals surface area contributed by atoms with Crippen LogP contribution in [0.1, 0.15) is 119 Å². The molecule has 6 atom stereocenters. The van der Waals surface area contributed by atoms with Crippen LogP contribution in [0.4, 0.5) is 11.6 Å². The number of nitrogens with one attached hydrogen (secondary N) is 3. The third kappa shape index (κ3) is 16.1. The maximum atomic E-state index is 15.2. The van der Waals surface area contributed by atoms with Crippen LogP contribution in [0.2, 0.25) is 0 Å². The van der Waals surface area contributed by atoms with Crippen molar-refractivity contribution < 1.29 is 51.0 Å². The number of carbonyl (C=O) groups excluding carboxylic acids is 2. The molecule has 5 N–H and O–H groups in total. The van der Waals surface area contributed by atoms with Crippen LogP contribution in [0.5, 0.6) is 11.5 Å². The predicted octanol–water partition coefficient (Wildman–Crippen LogP) is 13.1. The number of nitrogen functional groups attached to an aromatic ring is 1. The van der Waals surface area contributed by atoms with Crippen molar-refractivity contribution in [2.45, 2.75) is 169 Å².